The van der Waals surface area contributed by atoms with Gasteiger partial charge in [-0.3, -0.25) is 14.4 Å². The molecule has 0 spiro atoms. The number of aryl methyl sites for hydroxylation is 1. The van der Waals surface area contributed by atoms with Crippen LogP contribution in [0.4, 0.5) is 17.1 Å². The summed E-state index contributed by atoms with van der Waals surface area (Å²) in [7, 11) is 0. The van der Waals surface area contributed by atoms with E-state index in [2.05, 4.69) is 10.6 Å². The van der Waals surface area contributed by atoms with Crippen LogP contribution in [0.5, 0.6) is 5.75 Å². The van der Waals surface area contributed by atoms with Crippen LogP contribution in [-0.2, 0) is 0 Å². The van der Waals surface area contributed by atoms with Crippen LogP contribution >= 0.6 is 0 Å². The summed E-state index contributed by atoms with van der Waals surface area (Å²) >= 11 is 0. The maximum absolute atomic E-state index is 12.0. The minimum absolute atomic E-state index is 0.0510. The van der Waals surface area contributed by atoms with E-state index in [1.807, 2.05) is 26.0 Å². The summed E-state index contributed by atoms with van der Waals surface area (Å²) in [5, 5.41) is 15.8. The first-order valence-corrected chi connectivity index (χ1v) is 8.16. The maximum Gasteiger partial charge on any atom is 0.253 e. The predicted octanol–water partition coefficient (Wildman–Crippen LogP) is 3.01. The van der Waals surface area contributed by atoms with Gasteiger partial charge in [0.2, 0.25) is 0 Å². The van der Waals surface area contributed by atoms with Gasteiger partial charge in [-0.1, -0.05) is 13.0 Å². The van der Waals surface area contributed by atoms with E-state index < -0.39 is 10.9 Å². The van der Waals surface area contributed by atoms with Crippen molar-refractivity contribution < 1.29 is 14.3 Å². The number of anilines is 3. The molecule has 1 unspecified atom stereocenters. The molecule has 7 heteroatoms. The average molecular weight is 354 g/mol. The number of nitrogens with one attached hydrogen (secondary N) is 2. The third kappa shape index (κ3) is 2.99. The minimum Gasteiger partial charge on any atom is -0.505 e. The number of hydrogen-bond donors (Lipinski definition) is 3. The molecule has 0 aliphatic carbocycles. The lowest BCUT2D eigenvalue weighted by Crippen LogP contribution is -2.37. The van der Waals surface area contributed by atoms with Gasteiger partial charge in [0, 0.05) is 0 Å². The lowest BCUT2D eigenvalue weighted by molar-refractivity contribution is 0.112. The van der Waals surface area contributed by atoms with Crippen molar-refractivity contribution in [1.82, 2.24) is 0 Å². The molecule has 0 fully saturated rings. The summed E-state index contributed by atoms with van der Waals surface area (Å²) in [6, 6.07) is 7.88. The summed E-state index contributed by atoms with van der Waals surface area (Å²) in [6.07, 6.45) is 1.14. The third-order valence-electron chi connectivity index (χ3n) is 4.20. The molecular weight excluding hydrogens is 336 g/mol. The van der Waals surface area contributed by atoms with Crippen molar-refractivity contribution in [3.05, 3.63) is 67.9 Å². The van der Waals surface area contributed by atoms with Gasteiger partial charge in [0.15, 0.2) is 6.29 Å². The van der Waals surface area contributed by atoms with Crippen molar-refractivity contribution in [3.63, 3.8) is 0 Å². The Labute approximate surface area is 149 Å². The highest BCUT2D eigenvalue weighted by molar-refractivity contribution is 5.87. The van der Waals surface area contributed by atoms with Crippen molar-refractivity contribution in [3.8, 4) is 5.75 Å². The molecular formula is C19H18N2O5. The molecule has 0 saturated heterocycles. The summed E-state index contributed by atoms with van der Waals surface area (Å²) in [5.41, 5.74) is -0.886. The number of para-hydroxylation sites is 1. The Balaban J connectivity index is 1.90. The van der Waals surface area contributed by atoms with E-state index in [0.29, 0.717) is 18.5 Å². The molecule has 0 amide bonds. The predicted molar refractivity (Wildman–Crippen MR) is 98.2 cm³/mol. The van der Waals surface area contributed by atoms with E-state index in [-0.39, 0.29) is 34.4 Å². The molecule has 2 aromatic carbocycles. The molecule has 3 N–H and O–H groups in total. The Kier molecular flexibility index (Phi) is 4.62. The van der Waals surface area contributed by atoms with E-state index in [4.69, 9.17) is 4.42 Å². The molecule has 0 bridgehead atoms. The molecule has 1 heterocycles. The zero-order valence-corrected chi connectivity index (χ0v) is 14.3. The van der Waals surface area contributed by atoms with Gasteiger partial charge in [-0.2, -0.15) is 0 Å². The van der Waals surface area contributed by atoms with Crippen LogP contribution < -0.4 is 21.5 Å². The average Bonchev–Trinajstić information content (AvgIpc) is 3.08. The lowest BCUT2D eigenvalue weighted by Gasteiger charge is -2.20. The zero-order valence-electron chi connectivity index (χ0n) is 14.3. The van der Waals surface area contributed by atoms with Crippen LogP contribution in [0.25, 0.3) is 0 Å². The number of phenols is 1. The molecule has 1 aromatic heterocycles. The lowest BCUT2D eigenvalue weighted by atomic mass is 10.1. The summed E-state index contributed by atoms with van der Waals surface area (Å²) in [5.74, 6) is 1.13. The van der Waals surface area contributed by atoms with E-state index in [0.717, 1.165) is 5.76 Å². The highest BCUT2D eigenvalue weighted by Gasteiger charge is 2.25. The zero-order chi connectivity index (χ0) is 18.8. The monoisotopic (exact) mass is 354 g/mol. The number of aromatic hydroxyl groups is 1. The van der Waals surface area contributed by atoms with Crippen LogP contribution in [0.2, 0.25) is 0 Å². The number of carbonyl (C=O) groups excluding carboxylic acids is 1. The van der Waals surface area contributed by atoms with Crippen molar-refractivity contribution >= 4 is 23.3 Å². The number of carbonyl (C=O) groups is 1. The van der Waals surface area contributed by atoms with Crippen molar-refractivity contribution in [2.24, 2.45) is 0 Å². The summed E-state index contributed by atoms with van der Waals surface area (Å²) < 4.78 is 5.59. The van der Waals surface area contributed by atoms with Gasteiger partial charge >= 0.3 is 0 Å². The van der Waals surface area contributed by atoms with Gasteiger partial charge in [-0.15, -0.1) is 0 Å². The second kappa shape index (κ2) is 6.87. The van der Waals surface area contributed by atoms with E-state index in [9.17, 15) is 19.5 Å². The SMILES string of the molecule is CCC(Nc1c(Nc2cccc(C=O)c2O)c(=O)c1=O)c1ccc(C)o1. The Morgan fingerprint density at radius 1 is 1.15 bits per heavy atom. The molecule has 7 nitrogen and oxygen atoms in total. The van der Waals surface area contributed by atoms with Crippen molar-refractivity contribution in [1.29, 1.82) is 0 Å². The standard InChI is InChI=1S/C19H18N2O5/c1-3-12(14-8-7-10(2)26-14)20-15-16(19(25)18(15)24)21-13-6-4-5-11(9-22)17(13)23/h4-9,12,20-21,23H,3H2,1-2H3. The second-order valence-corrected chi connectivity index (χ2v) is 5.95. The van der Waals surface area contributed by atoms with Gasteiger partial charge in [0.05, 0.1) is 17.3 Å². The minimum atomic E-state index is -0.686. The van der Waals surface area contributed by atoms with Gasteiger partial charge in [0.25, 0.3) is 10.9 Å². The Bertz CT molecular complexity index is 1030. The molecule has 134 valence electrons. The highest BCUT2D eigenvalue weighted by atomic mass is 16.3. The van der Waals surface area contributed by atoms with Gasteiger partial charge in [-0.25, -0.2) is 0 Å². The van der Waals surface area contributed by atoms with Crippen molar-refractivity contribution in [2.45, 2.75) is 26.3 Å². The molecule has 0 saturated carbocycles. The fourth-order valence-corrected chi connectivity index (χ4v) is 2.73. The Morgan fingerprint density at radius 3 is 2.50 bits per heavy atom. The maximum atomic E-state index is 12.0. The molecule has 26 heavy (non-hydrogen) atoms. The number of aldehydes is 1. The van der Waals surface area contributed by atoms with Crippen LogP contribution in [0.1, 0.15) is 41.3 Å². The highest BCUT2D eigenvalue weighted by Crippen LogP contribution is 2.32. The number of rotatable bonds is 7. The number of hydrogen-bond acceptors (Lipinski definition) is 7. The third-order valence-corrected chi connectivity index (χ3v) is 4.20. The fourth-order valence-electron chi connectivity index (χ4n) is 2.73. The largest absolute Gasteiger partial charge is 0.505 e. The molecule has 0 radical (unpaired) electrons. The van der Waals surface area contributed by atoms with Gasteiger partial charge in [0.1, 0.15) is 28.6 Å². The normalized spacial score (nSPS) is 12.1. The summed E-state index contributed by atoms with van der Waals surface area (Å²) in [4.78, 5) is 34.9. The van der Waals surface area contributed by atoms with Gasteiger partial charge in [-0.05, 0) is 37.6 Å². The number of benzene rings is 1. The van der Waals surface area contributed by atoms with Crippen LogP contribution in [0.3, 0.4) is 0 Å². The smallest absolute Gasteiger partial charge is 0.253 e. The quantitative estimate of drug-likeness (QED) is 0.340. The molecule has 3 rings (SSSR count). The Hall–Kier alpha value is -3.35. The van der Waals surface area contributed by atoms with Crippen molar-refractivity contribution in [2.75, 3.05) is 10.6 Å². The second-order valence-electron chi connectivity index (χ2n) is 5.95. The summed E-state index contributed by atoms with van der Waals surface area (Å²) in [6.45, 7) is 3.75. The van der Waals surface area contributed by atoms with E-state index in [1.165, 1.54) is 12.1 Å². The fraction of sp³-hybridized carbons (Fsp3) is 0.211. The van der Waals surface area contributed by atoms with Gasteiger partial charge < -0.3 is 20.2 Å². The molecule has 0 aliphatic heterocycles. The van der Waals surface area contributed by atoms with E-state index in [1.54, 1.807) is 6.07 Å². The first-order valence-electron chi connectivity index (χ1n) is 8.16. The molecule has 3 aromatic rings. The molecule has 0 aliphatic rings. The van der Waals surface area contributed by atoms with Crippen LogP contribution in [0.15, 0.2) is 44.3 Å². The first kappa shape index (κ1) is 17.5. The van der Waals surface area contributed by atoms with E-state index >= 15 is 0 Å². The number of furan rings is 1. The topological polar surface area (TPSA) is 109 Å². The first-order chi connectivity index (χ1) is 12.5. The number of phenolic OH excluding ortho intramolecular Hbond substituents is 1. The molecule has 1 atom stereocenters. The Morgan fingerprint density at radius 2 is 1.88 bits per heavy atom. The van der Waals surface area contributed by atoms with Crippen LogP contribution in [-0.4, -0.2) is 11.4 Å². The van der Waals surface area contributed by atoms with Crippen LogP contribution in [0, 0.1) is 6.92 Å².